The van der Waals surface area contributed by atoms with E-state index in [-0.39, 0.29) is 12.7 Å². The van der Waals surface area contributed by atoms with Crippen molar-refractivity contribution >= 4 is 34.7 Å². The minimum atomic E-state index is -0.424. The molecule has 28 heavy (non-hydrogen) atoms. The fourth-order valence-corrected chi connectivity index (χ4v) is 3.91. The Morgan fingerprint density at radius 1 is 1.21 bits per heavy atom. The fourth-order valence-electron chi connectivity index (χ4n) is 2.39. The maximum atomic E-state index is 12.0. The van der Waals surface area contributed by atoms with Crippen molar-refractivity contribution in [3.63, 3.8) is 0 Å². The van der Waals surface area contributed by atoms with Crippen molar-refractivity contribution in [3.8, 4) is 22.1 Å². The lowest BCUT2D eigenvalue weighted by Crippen LogP contribution is -2.06. The molecule has 0 amide bonds. The number of hydrogen-bond acceptors (Lipinski definition) is 7. The van der Waals surface area contributed by atoms with E-state index in [1.807, 2.05) is 54.3 Å². The van der Waals surface area contributed by atoms with Crippen LogP contribution in [0.4, 0.5) is 0 Å². The second-order valence-electron chi connectivity index (χ2n) is 6.17. The molecule has 0 bridgehead atoms. The van der Waals surface area contributed by atoms with Gasteiger partial charge in [-0.05, 0) is 49.1 Å². The number of carbonyl (C=O) groups excluding carboxylic acids is 1. The lowest BCUT2D eigenvalue weighted by atomic mass is 10.2. The predicted molar refractivity (Wildman–Crippen MR) is 113 cm³/mol. The van der Waals surface area contributed by atoms with Crippen LogP contribution in [0.5, 0.6) is 11.5 Å². The van der Waals surface area contributed by atoms with E-state index >= 15 is 0 Å². The van der Waals surface area contributed by atoms with Crippen molar-refractivity contribution in [2.75, 3.05) is 7.11 Å². The Bertz CT molecular complexity index is 945. The molecule has 0 atom stereocenters. The van der Waals surface area contributed by atoms with Gasteiger partial charge in [-0.25, -0.2) is 9.78 Å². The van der Waals surface area contributed by atoms with E-state index in [2.05, 4.69) is 4.98 Å². The molecule has 3 aromatic rings. The summed E-state index contributed by atoms with van der Waals surface area (Å²) >= 11 is 3.17. The van der Waals surface area contributed by atoms with E-state index in [1.54, 1.807) is 24.5 Å². The number of nitrogens with zero attached hydrogens (tertiary/aromatic N) is 1. The minimum Gasteiger partial charge on any atom is -0.493 e. The number of rotatable bonds is 8. The van der Waals surface area contributed by atoms with Gasteiger partial charge in [0.1, 0.15) is 11.6 Å². The summed E-state index contributed by atoms with van der Waals surface area (Å²) in [5.41, 5.74) is 2.65. The van der Waals surface area contributed by atoms with Gasteiger partial charge in [-0.2, -0.15) is 11.3 Å². The van der Waals surface area contributed by atoms with Gasteiger partial charge in [0.15, 0.2) is 11.5 Å². The van der Waals surface area contributed by atoms with Crippen molar-refractivity contribution in [2.45, 2.75) is 26.6 Å². The molecule has 0 unspecified atom stereocenters. The Balaban J connectivity index is 1.56. The Hall–Kier alpha value is -2.64. The Morgan fingerprint density at radius 2 is 2.07 bits per heavy atom. The van der Waals surface area contributed by atoms with E-state index in [0.717, 1.165) is 21.8 Å². The monoisotopic (exact) mass is 415 g/mol. The zero-order valence-electron chi connectivity index (χ0n) is 15.9. The van der Waals surface area contributed by atoms with Crippen molar-refractivity contribution in [1.29, 1.82) is 0 Å². The largest absolute Gasteiger partial charge is 0.493 e. The second-order valence-corrected chi connectivity index (χ2v) is 7.81. The van der Waals surface area contributed by atoms with Gasteiger partial charge in [0.25, 0.3) is 0 Å². The van der Waals surface area contributed by atoms with Crippen LogP contribution in [0, 0.1) is 0 Å². The topological polar surface area (TPSA) is 57.7 Å². The summed E-state index contributed by atoms with van der Waals surface area (Å²) in [6.07, 6.45) is 3.13. The van der Waals surface area contributed by atoms with Crippen LogP contribution in [0.1, 0.15) is 25.1 Å². The summed E-state index contributed by atoms with van der Waals surface area (Å²) in [6.45, 7) is 4.05. The summed E-state index contributed by atoms with van der Waals surface area (Å²) in [7, 11) is 1.59. The quantitative estimate of drug-likeness (QED) is 0.363. The van der Waals surface area contributed by atoms with Crippen LogP contribution < -0.4 is 9.47 Å². The number of esters is 1. The molecule has 0 saturated heterocycles. The third-order valence-electron chi connectivity index (χ3n) is 3.64. The van der Waals surface area contributed by atoms with Crippen LogP contribution in [0.2, 0.25) is 0 Å². The van der Waals surface area contributed by atoms with Crippen molar-refractivity contribution in [3.05, 3.63) is 57.7 Å². The summed E-state index contributed by atoms with van der Waals surface area (Å²) in [4.78, 5) is 16.5. The Kier molecular flexibility index (Phi) is 6.84. The maximum absolute atomic E-state index is 12.0. The first-order chi connectivity index (χ1) is 13.5. The minimum absolute atomic E-state index is 0.0521. The molecular formula is C21H21NO4S2. The first kappa shape index (κ1) is 20.1. The number of thiazole rings is 1. The second kappa shape index (κ2) is 9.52. The van der Waals surface area contributed by atoms with E-state index in [9.17, 15) is 4.79 Å². The van der Waals surface area contributed by atoms with Gasteiger partial charge in [-0.15, -0.1) is 11.3 Å². The number of benzene rings is 1. The van der Waals surface area contributed by atoms with Crippen molar-refractivity contribution < 1.29 is 19.0 Å². The zero-order valence-corrected chi connectivity index (χ0v) is 17.5. The summed E-state index contributed by atoms with van der Waals surface area (Å²) < 4.78 is 16.3. The molecule has 0 spiro atoms. The normalized spacial score (nSPS) is 11.1. The van der Waals surface area contributed by atoms with Crippen molar-refractivity contribution in [2.24, 2.45) is 0 Å². The average Bonchev–Trinajstić information content (AvgIpc) is 3.36. The zero-order chi connectivity index (χ0) is 19.9. The third-order valence-corrected chi connectivity index (χ3v) is 5.27. The summed E-state index contributed by atoms with van der Waals surface area (Å²) in [6, 6.07) is 7.52. The molecule has 0 saturated carbocycles. The molecule has 0 aliphatic heterocycles. The smallest absolute Gasteiger partial charge is 0.331 e. The van der Waals surface area contributed by atoms with Crippen LogP contribution >= 0.6 is 22.7 Å². The predicted octanol–water partition coefficient (Wildman–Crippen LogP) is 5.42. The highest BCUT2D eigenvalue weighted by molar-refractivity contribution is 7.14. The average molecular weight is 416 g/mol. The fraction of sp³-hybridized carbons (Fsp3) is 0.238. The van der Waals surface area contributed by atoms with Gasteiger partial charge in [0.2, 0.25) is 0 Å². The van der Waals surface area contributed by atoms with E-state index in [1.165, 1.54) is 17.4 Å². The lowest BCUT2D eigenvalue weighted by Gasteiger charge is -2.13. The molecule has 3 rings (SSSR count). The van der Waals surface area contributed by atoms with Crippen LogP contribution in [-0.4, -0.2) is 24.2 Å². The number of aromatic nitrogens is 1. The third kappa shape index (κ3) is 5.43. The van der Waals surface area contributed by atoms with Gasteiger partial charge in [0, 0.05) is 22.4 Å². The summed E-state index contributed by atoms with van der Waals surface area (Å²) in [5.74, 6) is 0.862. The molecule has 1 aromatic carbocycles. The molecule has 0 fully saturated rings. The molecule has 7 heteroatoms. The molecule has 5 nitrogen and oxygen atoms in total. The van der Waals surface area contributed by atoms with E-state index in [0.29, 0.717) is 11.5 Å². The van der Waals surface area contributed by atoms with Gasteiger partial charge in [-0.1, -0.05) is 6.07 Å². The number of thiophene rings is 1. The van der Waals surface area contributed by atoms with Crippen LogP contribution in [0.25, 0.3) is 16.6 Å². The molecule has 0 N–H and O–H groups in total. The standard InChI is InChI=1S/C21H21NO4S2/c1-14(2)26-18-6-4-15(10-19(18)24-3)5-7-20(23)25-11-17-13-28-21(22-17)16-8-9-27-12-16/h4-10,12-14H,11H2,1-3H3/b7-5+. The number of carbonyl (C=O) groups is 1. The van der Waals surface area contributed by atoms with Crippen LogP contribution in [0.15, 0.2) is 46.5 Å². The van der Waals surface area contributed by atoms with Crippen LogP contribution in [-0.2, 0) is 16.1 Å². The number of methoxy groups -OCH3 is 1. The lowest BCUT2D eigenvalue weighted by molar-refractivity contribution is -0.139. The number of ether oxygens (including phenoxy) is 3. The highest BCUT2D eigenvalue weighted by atomic mass is 32.1. The van der Waals surface area contributed by atoms with E-state index < -0.39 is 5.97 Å². The maximum Gasteiger partial charge on any atom is 0.331 e. The highest BCUT2D eigenvalue weighted by Gasteiger charge is 2.08. The van der Waals surface area contributed by atoms with Gasteiger partial charge in [-0.3, -0.25) is 0 Å². The SMILES string of the molecule is COc1cc(/C=C/C(=O)OCc2csc(-c3ccsc3)n2)ccc1OC(C)C. The van der Waals surface area contributed by atoms with Gasteiger partial charge < -0.3 is 14.2 Å². The molecule has 0 aliphatic carbocycles. The summed E-state index contributed by atoms with van der Waals surface area (Å²) in [5, 5.41) is 6.89. The van der Waals surface area contributed by atoms with Crippen LogP contribution in [0.3, 0.4) is 0 Å². The van der Waals surface area contributed by atoms with E-state index in [4.69, 9.17) is 14.2 Å². The first-order valence-corrected chi connectivity index (χ1v) is 10.5. The Morgan fingerprint density at radius 3 is 2.79 bits per heavy atom. The molecule has 0 aliphatic rings. The molecule has 146 valence electrons. The first-order valence-electron chi connectivity index (χ1n) is 8.71. The van der Waals surface area contributed by atoms with Gasteiger partial charge >= 0.3 is 5.97 Å². The Labute approximate surface area is 172 Å². The number of hydrogen-bond donors (Lipinski definition) is 0. The molecule has 0 radical (unpaired) electrons. The highest BCUT2D eigenvalue weighted by Crippen LogP contribution is 2.29. The molecular weight excluding hydrogens is 394 g/mol. The van der Waals surface area contributed by atoms with Gasteiger partial charge in [0.05, 0.1) is 18.9 Å². The molecule has 2 heterocycles. The van der Waals surface area contributed by atoms with Crippen molar-refractivity contribution in [1.82, 2.24) is 4.98 Å². The molecule has 2 aromatic heterocycles.